The number of Topliss-reactive ketones (excluding diaryl/α,β-unsaturated/α-hetero) is 1. The van der Waals surface area contributed by atoms with Crippen LogP contribution in [0.25, 0.3) is 5.76 Å². The summed E-state index contributed by atoms with van der Waals surface area (Å²) in [4.78, 5) is 31.6. The SMILES string of the molecule is CC(C)Oc1ccc(/C(O)=C2/C(=O)C(=O)N(CCN(C)C)C2c2ccc(N(C)C)cc2)cc1. The van der Waals surface area contributed by atoms with Crippen LogP contribution in [0.4, 0.5) is 5.69 Å². The van der Waals surface area contributed by atoms with Gasteiger partial charge in [-0.05, 0) is 69.9 Å². The maximum absolute atomic E-state index is 13.1. The zero-order valence-electron chi connectivity index (χ0n) is 20.2. The van der Waals surface area contributed by atoms with Crippen LogP contribution in [0, 0.1) is 0 Å². The van der Waals surface area contributed by atoms with Gasteiger partial charge in [-0.2, -0.15) is 0 Å². The maximum Gasteiger partial charge on any atom is 0.295 e. The van der Waals surface area contributed by atoms with Gasteiger partial charge < -0.3 is 24.5 Å². The van der Waals surface area contributed by atoms with Gasteiger partial charge in [0.25, 0.3) is 11.7 Å². The van der Waals surface area contributed by atoms with Crippen molar-refractivity contribution >= 4 is 23.1 Å². The fraction of sp³-hybridized carbons (Fsp3) is 0.385. The van der Waals surface area contributed by atoms with Gasteiger partial charge >= 0.3 is 0 Å². The lowest BCUT2D eigenvalue weighted by molar-refractivity contribution is -0.140. The summed E-state index contributed by atoms with van der Waals surface area (Å²) in [5, 5.41) is 11.2. The largest absolute Gasteiger partial charge is 0.507 e. The predicted molar refractivity (Wildman–Crippen MR) is 131 cm³/mol. The molecule has 33 heavy (non-hydrogen) atoms. The molecule has 0 bridgehead atoms. The van der Waals surface area contributed by atoms with Gasteiger partial charge in [0.2, 0.25) is 0 Å². The fourth-order valence-corrected chi connectivity index (χ4v) is 3.84. The number of carbonyl (C=O) groups excluding carboxylic acids is 2. The normalized spacial score (nSPS) is 17.8. The van der Waals surface area contributed by atoms with E-state index in [9.17, 15) is 14.7 Å². The summed E-state index contributed by atoms with van der Waals surface area (Å²) in [6.07, 6.45) is 0.0246. The lowest BCUT2D eigenvalue weighted by atomic mass is 9.95. The standard InChI is InChI=1S/C26H33N3O4/c1-17(2)33-21-13-9-19(10-14-21)24(30)22-23(18-7-11-20(12-8-18)28(5)6)29(16-15-27(3)4)26(32)25(22)31/h7-14,17,23,30H,15-16H2,1-6H3/b24-22-. The lowest BCUT2D eigenvalue weighted by Gasteiger charge is -2.27. The Morgan fingerprint density at radius 2 is 1.61 bits per heavy atom. The van der Waals surface area contributed by atoms with Gasteiger partial charge in [-0.1, -0.05) is 12.1 Å². The minimum Gasteiger partial charge on any atom is -0.507 e. The summed E-state index contributed by atoms with van der Waals surface area (Å²) in [6, 6.07) is 13.9. The quantitative estimate of drug-likeness (QED) is 0.376. The van der Waals surface area contributed by atoms with Gasteiger partial charge in [0.05, 0.1) is 17.7 Å². The highest BCUT2D eigenvalue weighted by molar-refractivity contribution is 6.46. The first-order valence-electron chi connectivity index (χ1n) is 11.1. The summed E-state index contributed by atoms with van der Waals surface area (Å²) in [6.45, 7) is 4.84. The number of likely N-dealkylation sites (tertiary alicyclic amines) is 1. The second kappa shape index (κ2) is 10.1. The number of likely N-dealkylation sites (N-methyl/N-ethyl adjacent to an activating group) is 1. The topological polar surface area (TPSA) is 73.3 Å². The average Bonchev–Trinajstić information content (AvgIpc) is 3.02. The number of ketones is 1. The Morgan fingerprint density at radius 3 is 2.12 bits per heavy atom. The Kier molecular flexibility index (Phi) is 7.43. The number of hydrogen-bond donors (Lipinski definition) is 1. The van der Waals surface area contributed by atoms with E-state index >= 15 is 0 Å². The van der Waals surface area contributed by atoms with E-state index in [1.165, 1.54) is 0 Å². The maximum atomic E-state index is 13.1. The van der Waals surface area contributed by atoms with Crippen molar-refractivity contribution in [1.29, 1.82) is 0 Å². The van der Waals surface area contributed by atoms with E-state index in [1.54, 1.807) is 29.2 Å². The van der Waals surface area contributed by atoms with Crippen molar-refractivity contribution in [2.45, 2.75) is 26.0 Å². The Hall–Kier alpha value is -3.32. The van der Waals surface area contributed by atoms with E-state index < -0.39 is 17.7 Å². The molecule has 1 atom stereocenters. The van der Waals surface area contributed by atoms with Crippen LogP contribution in [0.15, 0.2) is 54.1 Å². The Balaban J connectivity index is 2.07. The molecule has 1 amide bonds. The van der Waals surface area contributed by atoms with Gasteiger partial charge in [0.1, 0.15) is 11.5 Å². The Morgan fingerprint density at radius 1 is 1.00 bits per heavy atom. The van der Waals surface area contributed by atoms with Crippen LogP contribution in [0.2, 0.25) is 0 Å². The zero-order valence-corrected chi connectivity index (χ0v) is 20.2. The van der Waals surface area contributed by atoms with E-state index in [4.69, 9.17) is 4.74 Å². The molecule has 0 aliphatic carbocycles. The molecule has 1 saturated heterocycles. The third-order valence-electron chi connectivity index (χ3n) is 5.55. The van der Waals surface area contributed by atoms with Crippen LogP contribution in [-0.2, 0) is 9.59 Å². The average molecular weight is 452 g/mol. The third-order valence-corrected chi connectivity index (χ3v) is 5.55. The molecule has 0 saturated carbocycles. The number of aliphatic hydroxyl groups excluding tert-OH is 1. The molecule has 2 aromatic carbocycles. The molecule has 176 valence electrons. The van der Waals surface area contributed by atoms with Gasteiger partial charge in [-0.15, -0.1) is 0 Å². The molecule has 1 unspecified atom stereocenters. The second-order valence-electron chi connectivity index (χ2n) is 8.97. The number of amides is 1. The molecule has 1 N–H and O–H groups in total. The predicted octanol–water partition coefficient (Wildman–Crippen LogP) is 3.52. The number of aliphatic hydroxyl groups is 1. The molecule has 2 aromatic rings. The van der Waals surface area contributed by atoms with Crippen molar-refractivity contribution in [2.75, 3.05) is 46.2 Å². The molecule has 0 aromatic heterocycles. The molecule has 1 aliphatic heterocycles. The molecule has 7 heteroatoms. The van der Waals surface area contributed by atoms with Crippen molar-refractivity contribution < 1.29 is 19.4 Å². The van der Waals surface area contributed by atoms with Gasteiger partial charge in [0.15, 0.2) is 0 Å². The van der Waals surface area contributed by atoms with E-state index in [1.807, 2.05) is 76.1 Å². The lowest BCUT2D eigenvalue weighted by Crippen LogP contribution is -2.35. The molecular formula is C26H33N3O4. The monoisotopic (exact) mass is 451 g/mol. The number of benzene rings is 2. The first-order chi connectivity index (χ1) is 15.6. The summed E-state index contributed by atoms with van der Waals surface area (Å²) in [5.41, 5.74) is 2.35. The molecule has 0 spiro atoms. The summed E-state index contributed by atoms with van der Waals surface area (Å²) in [5.74, 6) is -0.780. The van der Waals surface area contributed by atoms with Crippen LogP contribution < -0.4 is 9.64 Å². The van der Waals surface area contributed by atoms with Crippen LogP contribution in [0.3, 0.4) is 0 Å². The Labute approximate surface area is 195 Å². The number of ether oxygens (including phenoxy) is 1. The summed E-state index contributed by atoms with van der Waals surface area (Å²) < 4.78 is 5.67. The highest BCUT2D eigenvalue weighted by Crippen LogP contribution is 2.39. The highest BCUT2D eigenvalue weighted by atomic mass is 16.5. The first-order valence-corrected chi connectivity index (χ1v) is 11.1. The number of rotatable bonds is 8. The van der Waals surface area contributed by atoms with Crippen LogP contribution in [0.1, 0.15) is 31.0 Å². The fourth-order valence-electron chi connectivity index (χ4n) is 3.84. The van der Waals surface area contributed by atoms with E-state index in [0.29, 0.717) is 24.4 Å². The van der Waals surface area contributed by atoms with Crippen LogP contribution in [0.5, 0.6) is 5.75 Å². The molecule has 1 fully saturated rings. The molecule has 1 aliphatic rings. The second-order valence-corrected chi connectivity index (χ2v) is 8.97. The smallest absolute Gasteiger partial charge is 0.295 e. The summed E-state index contributed by atoms with van der Waals surface area (Å²) in [7, 11) is 7.73. The number of nitrogens with zero attached hydrogens (tertiary/aromatic N) is 3. The van der Waals surface area contributed by atoms with Crippen molar-refractivity contribution in [3.8, 4) is 5.75 Å². The van der Waals surface area contributed by atoms with E-state index in [0.717, 1.165) is 11.3 Å². The molecule has 0 radical (unpaired) electrons. The molecular weight excluding hydrogens is 418 g/mol. The van der Waals surface area contributed by atoms with E-state index in [2.05, 4.69) is 0 Å². The van der Waals surface area contributed by atoms with Crippen molar-refractivity contribution in [3.05, 3.63) is 65.2 Å². The zero-order chi connectivity index (χ0) is 24.3. The van der Waals surface area contributed by atoms with Crippen molar-refractivity contribution in [1.82, 2.24) is 9.80 Å². The minimum atomic E-state index is -0.671. The summed E-state index contributed by atoms with van der Waals surface area (Å²) >= 11 is 0. The Bertz CT molecular complexity index is 1020. The first kappa shape index (κ1) is 24.3. The highest BCUT2D eigenvalue weighted by Gasteiger charge is 2.45. The van der Waals surface area contributed by atoms with Crippen molar-refractivity contribution in [3.63, 3.8) is 0 Å². The molecule has 1 heterocycles. The van der Waals surface area contributed by atoms with Crippen LogP contribution in [-0.4, -0.2) is 74.0 Å². The molecule has 3 rings (SSSR count). The number of carbonyl (C=O) groups is 2. The van der Waals surface area contributed by atoms with Gasteiger partial charge in [0, 0.05) is 38.4 Å². The third kappa shape index (κ3) is 5.37. The van der Waals surface area contributed by atoms with E-state index in [-0.39, 0.29) is 17.4 Å². The minimum absolute atomic E-state index is 0.0246. The number of hydrogen-bond acceptors (Lipinski definition) is 6. The van der Waals surface area contributed by atoms with Crippen LogP contribution >= 0.6 is 0 Å². The van der Waals surface area contributed by atoms with Crippen molar-refractivity contribution in [2.24, 2.45) is 0 Å². The number of anilines is 1. The van der Waals surface area contributed by atoms with Gasteiger partial charge in [-0.3, -0.25) is 9.59 Å². The molecule has 7 nitrogen and oxygen atoms in total. The van der Waals surface area contributed by atoms with Gasteiger partial charge in [-0.25, -0.2) is 0 Å².